The number of aromatic nitrogens is 1. The summed E-state index contributed by atoms with van der Waals surface area (Å²) in [7, 11) is -1.44. The zero-order valence-corrected chi connectivity index (χ0v) is 17.8. The number of nitrogens with zero attached hydrogens (tertiary/aromatic N) is 1. The lowest BCUT2D eigenvalue weighted by molar-refractivity contribution is -0.119. The van der Waals surface area contributed by atoms with Crippen molar-refractivity contribution in [1.29, 1.82) is 0 Å². The molecule has 0 aliphatic carbocycles. The summed E-state index contributed by atoms with van der Waals surface area (Å²) in [6, 6.07) is 18.4. The smallest absolute Gasteiger partial charge is 0.227 e. The molecule has 3 rings (SSSR count). The summed E-state index contributed by atoms with van der Waals surface area (Å²) in [5, 5.41) is 4.86. The second kappa shape index (κ2) is 8.24. The summed E-state index contributed by atoms with van der Waals surface area (Å²) < 4.78 is 0. The molecule has 3 nitrogen and oxygen atoms in total. The fourth-order valence-corrected chi connectivity index (χ4v) is 5.39. The number of hydrogen-bond acceptors (Lipinski definition) is 2. The highest BCUT2D eigenvalue weighted by molar-refractivity contribution is 6.76. The van der Waals surface area contributed by atoms with Crippen LogP contribution in [0.3, 0.4) is 0 Å². The molecule has 3 aromatic rings. The molecule has 0 bridgehead atoms. The zero-order chi connectivity index (χ0) is 19.4. The molecule has 140 valence electrons. The molecular weight excluding hydrogens is 372 g/mol. The van der Waals surface area contributed by atoms with Crippen molar-refractivity contribution < 1.29 is 4.79 Å². The van der Waals surface area contributed by atoms with Gasteiger partial charge in [0.1, 0.15) is 0 Å². The Kier molecular flexibility index (Phi) is 5.97. The maximum Gasteiger partial charge on any atom is 0.227 e. The van der Waals surface area contributed by atoms with Gasteiger partial charge in [-0.25, -0.2) is 0 Å². The van der Waals surface area contributed by atoms with Crippen LogP contribution in [0.4, 0.5) is 5.69 Å². The quantitative estimate of drug-likeness (QED) is 0.517. The Bertz CT molecular complexity index is 947. The van der Waals surface area contributed by atoms with Crippen LogP contribution in [0.25, 0.3) is 10.9 Å². The van der Waals surface area contributed by atoms with Gasteiger partial charge in [0.15, 0.2) is 0 Å². The Balaban J connectivity index is 1.87. The number of benzene rings is 2. The third-order valence-corrected chi connectivity index (χ3v) is 6.63. The third kappa shape index (κ3) is 5.18. The van der Waals surface area contributed by atoms with Gasteiger partial charge in [-0.05, 0) is 36.2 Å². The second-order valence-electron chi connectivity index (χ2n) is 8.13. The number of halogens is 1. The minimum absolute atomic E-state index is 0.0375. The zero-order valence-electron chi connectivity index (χ0n) is 16.0. The first kappa shape index (κ1) is 19.6. The summed E-state index contributed by atoms with van der Waals surface area (Å²) in [4.78, 5) is 17.6. The van der Waals surface area contributed by atoms with Crippen LogP contribution in [0.1, 0.15) is 5.56 Å². The molecule has 27 heavy (non-hydrogen) atoms. The molecule has 1 unspecified atom stereocenters. The summed E-state index contributed by atoms with van der Waals surface area (Å²) in [5.74, 6) is -0.0777. The number of fused-ring (bicyclic) bond motifs is 1. The van der Waals surface area contributed by atoms with E-state index in [1.54, 1.807) is 6.20 Å². The average Bonchev–Trinajstić information content (AvgIpc) is 2.62. The van der Waals surface area contributed by atoms with E-state index >= 15 is 0 Å². The largest absolute Gasteiger partial charge is 0.324 e. The Morgan fingerprint density at radius 3 is 2.56 bits per heavy atom. The van der Waals surface area contributed by atoms with Gasteiger partial charge in [-0.2, -0.15) is 0 Å². The van der Waals surface area contributed by atoms with Gasteiger partial charge in [0, 0.05) is 30.6 Å². The highest BCUT2D eigenvalue weighted by Gasteiger charge is 2.27. The SMILES string of the molecule is C[Si](C)(C)CC(Cc1ccccc1Cl)C(=O)Nc1cccc2cccnc12. The molecule has 0 fully saturated rings. The molecule has 5 heteroatoms. The normalized spacial score (nSPS) is 12.7. The van der Waals surface area contributed by atoms with Crippen LogP contribution >= 0.6 is 11.6 Å². The van der Waals surface area contributed by atoms with Gasteiger partial charge in [0.2, 0.25) is 5.91 Å². The summed E-state index contributed by atoms with van der Waals surface area (Å²) in [6.45, 7) is 6.87. The van der Waals surface area contributed by atoms with Gasteiger partial charge in [0.05, 0.1) is 11.2 Å². The van der Waals surface area contributed by atoms with E-state index in [1.807, 2.05) is 54.6 Å². The van der Waals surface area contributed by atoms with E-state index in [9.17, 15) is 4.79 Å². The molecule has 1 aromatic heterocycles. The third-order valence-electron chi connectivity index (χ3n) is 4.54. The first-order valence-electron chi connectivity index (χ1n) is 9.21. The predicted octanol–water partition coefficient (Wildman–Crippen LogP) is 6.02. The predicted molar refractivity (Wildman–Crippen MR) is 117 cm³/mol. The van der Waals surface area contributed by atoms with Crippen LogP contribution in [0.5, 0.6) is 0 Å². The minimum Gasteiger partial charge on any atom is -0.324 e. The lowest BCUT2D eigenvalue weighted by atomic mass is 9.99. The first-order valence-corrected chi connectivity index (χ1v) is 13.3. The second-order valence-corrected chi connectivity index (χ2v) is 14.1. The topological polar surface area (TPSA) is 42.0 Å². The summed E-state index contributed by atoms with van der Waals surface area (Å²) in [5.41, 5.74) is 2.60. The van der Waals surface area contributed by atoms with Crippen LogP contribution in [0, 0.1) is 5.92 Å². The molecule has 1 heterocycles. The van der Waals surface area contributed by atoms with Gasteiger partial charge in [-0.1, -0.05) is 67.6 Å². The fourth-order valence-electron chi connectivity index (χ4n) is 3.37. The van der Waals surface area contributed by atoms with Crippen molar-refractivity contribution >= 4 is 42.2 Å². The standard InChI is InChI=1S/C22H25ClN2OSi/c1-27(2,3)15-18(14-17-8-4-5-11-19(17)23)22(26)25-20-12-6-9-16-10-7-13-24-21(16)20/h4-13,18H,14-15H2,1-3H3,(H,25,26). The van der Waals surface area contributed by atoms with Crippen molar-refractivity contribution in [2.24, 2.45) is 5.92 Å². The van der Waals surface area contributed by atoms with E-state index in [4.69, 9.17) is 11.6 Å². The number of rotatable bonds is 6. The molecule has 1 N–H and O–H groups in total. The average molecular weight is 397 g/mol. The molecular formula is C22H25ClN2OSi. The Labute approximate surface area is 166 Å². The number of amides is 1. The van der Waals surface area contributed by atoms with Crippen LogP contribution in [0.15, 0.2) is 60.8 Å². The van der Waals surface area contributed by atoms with Crippen LogP contribution in [-0.4, -0.2) is 19.0 Å². The molecule has 0 saturated carbocycles. The van der Waals surface area contributed by atoms with Crippen molar-refractivity contribution in [2.45, 2.75) is 32.1 Å². The number of carbonyl (C=O) groups is 1. The molecule has 0 aliphatic rings. The number of hydrogen-bond donors (Lipinski definition) is 1. The fraction of sp³-hybridized carbons (Fsp3) is 0.273. The number of para-hydroxylation sites is 1. The van der Waals surface area contributed by atoms with Crippen molar-refractivity contribution in [3.05, 3.63) is 71.4 Å². The lowest BCUT2D eigenvalue weighted by Crippen LogP contribution is -2.33. The van der Waals surface area contributed by atoms with E-state index in [0.717, 1.165) is 33.2 Å². The van der Waals surface area contributed by atoms with Crippen molar-refractivity contribution in [3.8, 4) is 0 Å². The maximum atomic E-state index is 13.2. The van der Waals surface area contributed by atoms with Crippen LogP contribution < -0.4 is 5.32 Å². The van der Waals surface area contributed by atoms with Crippen LogP contribution in [0.2, 0.25) is 30.7 Å². The highest BCUT2D eigenvalue weighted by atomic mass is 35.5. The molecule has 1 atom stereocenters. The van der Waals surface area contributed by atoms with Gasteiger partial charge < -0.3 is 5.32 Å². The van der Waals surface area contributed by atoms with E-state index in [-0.39, 0.29) is 11.8 Å². The summed E-state index contributed by atoms with van der Waals surface area (Å²) in [6.07, 6.45) is 2.40. The van der Waals surface area contributed by atoms with E-state index in [0.29, 0.717) is 6.42 Å². The minimum atomic E-state index is -1.44. The van der Waals surface area contributed by atoms with Crippen molar-refractivity contribution in [3.63, 3.8) is 0 Å². The molecule has 0 aliphatic heterocycles. The number of carbonyl (C=O) groups excluding carboxylic acids is 1. The Morgan fingerprint density at radius 1 is 1.07 bits per heavy atom. The Hall–Kier alpha value is -2.17. The van der Waals surface area contributed by atoms with E-state index < -0.39 is 8.07 Å². The van der Waals surface area contributed by atoms with Gasteiger partial charge in [-0.15, -0.1) is 0 Å². The monoisotopic (exact) mass is 396 g/mol. The summed E-state index contributed by atoms with van der Waals surface area (Å²) >= 11 is 6.35. The molecule has 0 saturated heterocycles. The molecule has 2 aromatic carbocycles. The van der Waals surface area contributed by atoms with Gasteiger partial charge in [0.25, 0.3) is 0 Å². The highest BCUT2D eigenvalue weighted by Crippen LogP contribution is 2.27. The van der Waals surface area contributed by atoms with E-state index in [1.165, 1.54) is 0 Å². The molecule has 0 radical (unpaired) electrons. The maximum absolute atomic E-state index is 13.2. The molecule has 0 spiro atoms. The number of nitrogens with one attached hydrogen (secondary N) is 1. The lowest BCUT2D eigenvalue weighted by Gasteiger charge is -2.24. The number of pyridine rings is 1. The van der Waals surface area contributed by atoms with E-state index in [2.05, 4.69) is 29.9 Å². The Morgan fingerprint density at radius 2 is 1.81 bits per heavy atom. The van der Waals surface area contributed by atoms with Gasteiger partial charge in [-0.3, -0.25) is 9.78 Å². The van der Waals surface area contributed by atoms with Gasteiger partial charge >= 0.3 is 0 Å². The molecule has 1 amide bonds. The number of anilines is 1. The van der Waals surface area contributed by atoms with Crippen LogP contribution in [-0.2, 0) is 11.2 Å². The first-order chi connectivity index (χ1) is 12.8. The van der Waals surface area contributed by atoms with Crippen molar-refractivity contribution in [1.82, 2.24) is 4.98 Å². The van der Waals surface area contributed by atoms with Crippen molar-refractivity contribution in [2.75, 3.05) is 5.32 Å².